The van der Waals surface area contributed by atoms with E-state index >= 15 is 0 Å². The van der Waals surface area contributed by atoms with Crippen LogP contribution in [0.15, 0.2) is 18.2 Å². The molecule has 1 N–H and O–H groups in total. The number of nitrogens with zero attached hydrogens (tertiary/aromatic N) is 1. The van der Waals surface area contributed by atoms with Crippen molar-refractivity contribution in [3.05, 3.63) is 23.8 Å². The maximum Gasteiger partial charge on any atom is 0.142 e. The second kappa shape index (κ2) is 4.81. The molecule has 0 aliphatic carbocycles. The van der Waals surface area contributed by atoms with Crippen molar-refractivity contribution in [2.45, 2.75) is 31.2 Å². The quantitative estimate of drug-likeness (QED) is 0.868. The smallest absolute Gasteiger partial charge is 0.142 e. The number of para-hydroxylation sites is 1. The number of likely N-dealkylation sites (tertiary alicyclic amines) is 1. The lowest BCUT2D eigenvalue weighted by Crippen LogP contribution is -2.34. The molecular formula is C15H22N2O. The van der Waals surface area contributed by atoms with Crippen LogP contribution >= 0.6 is 0 Å². The van der Waals surface area contributed by atoms with Crippen molar-refractivity contribution in [3.63, 3.8) is 0 Å². The van der Waals surface area contributed by atoms with Gasteiger partial charge in [0, 0.05) is 18.5 Å². The number of ether oxygens (including phenoxy) is 1. The first-order valence-corrected chi connectivity index (χ1v) is 6.92. The van der Waals surface area contributed by atoms with E-state index in [1.165, 1.54) is 37.1 Å². The lowest BCUT2D eigenvalue weighted by molar-refractivity contribution is 0.263. The monoisotopic (exact) mass is 246 g/mol. The average molecular weight is 246 g/mol. The van der Waals surface area contributed by atoms with Gasteiger partial charge in [-0.3, -0.25) is 0 Å². The highest BCUT2D eigenvalue weighted by Gasteiger charge is 2.33. The number of hydrogen-bond acceptors (Lipinski definition) is 3. The Kier molecular flexibility index (Phi) is 3.16. The van der Waals surface area contributed by atoms with E-state index in [-0.39, 0.29) is 0 Å². The Bertz CT molecular complexity index is 433. The summed E-state index contributed by atoms with van der Waals surface area (Å²) < 4.78 is 5.47. The Labute approximate surface area is 109 Å². The summed E-state index contributed by atoms with van der Waals surface area (Å²) in [5.74, 6) is 1.64. The molecule has 3 rings (SSSR count). The third-order valence-electron chi connectivity index (χ3n) is 4.48. The minimum atomic E-state index is 0.656. The number of nitrogens with one attached hydrogen (secondary N) is 1. The molecule has 2 aliphatic heterocycles. The van der Waals surface area contributed by atoms with Gasteiger partial charge in [-0.2, -0.15) is 0 Å². The molecule has 0 amide bonds. The Morgan fingerprint density at radius 2 is 2.22 bits per heavy atom. The lowest BCUT2D eigenvalue weighted by atomic mass is 9.83. The number of hydrogen-bond donors (Lipinski definition) is 1. The number of fused-ring (bicyclic) bond motifs is 1. The van der Waals surface area contributed by atoms with Gasteiger partial charge in [0.2, 0.25) is 0 Å². The number of benzene rings is 1. The lowest BCUT2D eigenvalue weighted by Gasteiger charge is -2.35. The van der Waals surface area contributed by atoms with E-state index < -0.39 is 0 Å². The van der Waals surface area contributed by atoms with E-state index in [4.69, 9.17) is 4.74 Å². The van der Waals surface area contributed by atoms with E-state index in [2.05, 4.69) is 29.4 Å². The molecule has 1 aromatic rings. The summed E-state index contributed by atoms with van der Waals surface area (Å²) in [6, 6.07) is 7.14. The molecule has 0 bridgehead atoms. The second-order valence-electron chi connectivity index (χ2n) is 5.44. The molecule has 2 aliphatic rings. The fourth-order valence-electron chi connectivity index (χ4n) is 3.57. The average Bonchev–Trinajstić information content (AvgIpc) is 2.83. The first-order valence-electron chi connectivity index (χ1n) is 6.92. The molecule has 98 valence electrons. The number of rotatable bonds is 2. The molecule has 0 aromatic heterocycles. The summed E-state index contributed by atoms with van der Waals surface area (Å²) in [6.07, 6.45) is 3.90. The number of likely N-dealkylation sites (N-methyl/N-ethyl adjacent to an activating group) is 1. The van der Waals surface area contributed by atoms with Crippen molar-refractivity contribution in [1.82, 2.24) is 4.90 Å². The van der Waals surface area contributed by atoms with Gasteiger partial charge in [0.15, 0.2) is 0 Å². The third-order valence-corrected chi connectivity index (χ3v) is 4.48. The molecule has 3 nitrogen and oxygen atoms in total. The Balaban J connectivity index is 1.96. The van der Waals surface area contributed by atoms with Crippen molar-refractivity contribution in [1.29, 1.82) is 0 Å². The van der Waals surface area contributed by atoms with Crippen LogP contribution in [0.1, 0.15) is 30.7 Å². The molecule has 0 saturated carbocycles. The van der Waals surface area contributed by atoms with Crippen LogP contribution in [0.3, 0.4) is 0 Å². The van der Waals surface area contributed by atoms with E-state index in [1.807, 2.05) is 6.07 Å². The van der Waals surface area contributed by atoms with Crippen molar-refractivity contribution >= 4 is 5.69 Å². The molecule has 2 unspecified atom stereocenters. The Hall–Kier alpha value is -1.22. The first kappa shape index (κ1) is 11.8. The minimum Gasteiger partial charge on any atom is -0.495 e. The van der Waals surface area contributed by atoms with Gasteiger partial charge in [-0.1, -0.05) is 12.1 Å². The van der Waals surface area contributed by atoms with Gasteiger partial charge < -0.3 is 15.0 Å². The normalized spacial score (nSPS) is 27.7. The molecule has 18 heavy (non-hydrogen) atoms. The highest BCUT2D eigenvalue weighted by Crippen LogP contribution is 2.42. The summed E-state index contributed by atoms with van der Waals surface area (Å²) in [5, 5.41) is 3.51. The standard InChI is InChI=1S/C15H22N2O/c1-17-10-4-6-13(17)11-8-9-16-15-12(11)5-3-7-14(15)18-2/h3,5,7,11,13,16H,4,6,8-10H2,1-2H3. The highest BCUT2D eigenvalue weighted by atomic mass is 16.5. The SMILES string of the molecule is COc1cccc2c1NCCC2C1CCCN1C. The number of anilines is 1. The van der Waals surface area contributed by atoms with Crippen molar-refractivity contribution in [2.75, 3.05) is 32.6 Å². The molecule has 0 radical (unpaired) electrons. The Morgan fingerprint density at radius 1 is 1.33 bits per heavy atom. The van der Waals surface area contributed by atoms with Crippen LogP contribution in [0.4, 0.5) is 5.69 Å². The molecule has 1 saturated heterocycles. The second-order valence-corrected chi connectivity index (χ2v) is 5.44. The summed E-state index contributed by atoms with van der Waals surface area (Å²) >= 11 is 0. The van der Waals surface area contributed by atoms with Crippen LogP contribution in [0.2, 0.25) is 0 Å². The van der Waals surface area contributed by atoms with Crippen molar-refractivity contribution in [3.8, 4) is 5.75 Å². The highest BCUT2D eigenvalue weighted by molar-refractivity contribution is 5.65. The van der Waals surface area contributed by atoms with Crippen molar-refractivity contribution in [2.24, 2.45) is 0 Å². The molecule has 2 heterocycles. The van der Waals surface area contributed by atoms with Gasteiger partial charge in [-0.05, 0) is 44.5 Å². The van der Waals surface area contributed by atoms with Gasteiger partial charge >= 0.3 is 0 Å². The molecule has 2 atom stereocenters. The van der Waals surface area contributed by atoms with Gasteiger partial charge in [-0.15, -0.1) is 0 Å². The zero-order chi connectivity index (χ0) is 12.5. The molecule has 3 heteroatoms. The Morgan fingerprint density at radius 3 is 2.94 bits per heavy atom. The predicted molar refractivity (Wildman–Crippen MR) is 74.5 cm³/mol. The van der Waals surface area contributed by atoms with E-state index in [9.17, 15) is 0 Å². The van der Waals surface area contributed by atoms with Crippen LogP contribution in [0, 0.1) is 0 Å². The van der Waals surface area contributed by atoms with Crippen molar-refractivity contribution < 1.29 is 4.74 Å². The maximum atomic E-state index is 5.47. The van der Waals surface area contributed by atoms with Gasteiger partial charge in [0.05, 0.1) is 12.8 Å². The fraction of sp³-hybridized carbons (Fsp3) is 0.600. The summed E-state index contributed by atoms with van der Waals surface area (Å²) in [6.45, 7) is 2.30. The first-order chi connectivity index (χ1) is 8.81. The molecule has 0 spiro atoms. The topological polar surface area (TPSA) is 24.5 Å². The van der Waals surface area contributed by atoms with Gasteiger partial charge in [0.25, 0.3) is 0 Å². The fourth-order valence-corrected chi connectivity index (χ4v) is 3.57. The zero-order valence-electron chi connectivity index (χ0n) is 11.3. The zero-order valence-corrected chi connectivity index (χ0v) is 11.3. The van der Waals surface area contributed by atoms with Crippen LogP contribution in [-0.2, 0) is 0 Å². The van der Waals surface area contributed by atoms with Crippen LogP contribution in [0.25, 0.3) is 0 Å². The van der Waals surface area contributed by atoms with Crippen LogP contribution in [0.5, 0.6) is 5.75 Å². The van der Waals surface area contributed by atoms with E-state index in [0.717, 1.165) is 12.3 Å². The summed E-state index contributed by atoms with van der Waals surface area (Å²) in [5.41, 5.74) is 2.66. The van der Waals surface area contributed by atoms with Gasteiger partial charge in [0.1, 0.15) is 5.75 Å². The number of methoxy groups -OCH3 is 1. The largest absolute Gasteiger partial charge is 0.495 e. The predicted octanol–water partition coefficient (Wildman–Crippen LogP) is 2.69. The third kappa shape index (κ3) is 1.87. The van der Waals surface area contributed by atoms with E-state index in [1.54, 1.807) is 7.11 Å². The van der Waals surface area contributed by atoms with Gasteiger partial charge in [-0.25, -0.2) is 0 Å². The molecule has 1 aromatic carbocycles. The van der Waals surface area contributed by atoms with E-state index in [0.29, 0.717) is 12.0 Å². The maximum absolute atomic E-state index is 5.47. The van der Waals surface area contributed by atoms with Crippen LogP contribution < -0.4 is 10.1 Å². The summed E-state index contributed by atoms with van der Waals surface area (Å²) in [7, 11) is 4.02. The summed E-state index contributed by atoms with van der Waals surface area (Å²) in [4.78, 5) is 2.53. The molecular weight excluding hydrogens is 224 g/mol. The van der Waals surface area contributed by atoms with Crippen LogP contribution in [-0.4, -0.2) is 38.2 Å². The molecule has 1 fully saturated rings. The minimum absolute atomic E-state index is 0.656.